The molecule has 136 valence electrons. The van der Waals surface area contributed by atoms with Crippen LogP contribution >= 0.6 is 11.6 Å². The molecular weight excluding hydrogens is 352 g/mol. The Hall–Kier alpha value is -2.24. The molecule has 0 amide bonds. The van der Waals surface area contributed by atoms with Crippen LogP contribution in [-0.2, 0) is 10.2 Å². The molecule has 0 aliphatic carbocycles. The van der Waals surface area contributed by atoms with Gasteiger partial charge in [-0.3, -0.25) is 0 Å². The molecule has 1 N–H and O–H groups in total. The normalized spacial score (nSPS) is 16.5. The molecule has 1 saturated heterocycles. The smallest absolute Gasteiger partial charge is 0.295 e. The topological polar surface area (TPSA) is 56.5 Å². The number of hydrogen-bond donors (Lipinski definition) is 1. The number of nitrogens with zero attached hydrogens (tertiary/aromatic N) is 1. The number of oxazole rings is 1. The van der Waals surface area contributed by atoms with E-state index in [-0.39, 0.29) is 5.41 Å². The van der Waals surface area contributed by atoms with Crippen LogP contribution in [0.4, 0.5) is 6.01 Å². The minimum atomic E-state index is -0.158. The first-order valence-electron chi connectivity index (χ1n) is 8.71. The van der Waals surface area contributed by atoms with Gasteiger partial charge in [-0.1, -0.05) is 23.7 Å². The minimum Gasteiger partial charge on any atom is -0.496 e. The van der Waals surface area contributed by atoms with Crippen molar-refractivity contribution in [1.29, 1.82) is 0 Å². The zero-order valence-corrected chi connectivity index (χ0v) is 15.4. The van der Waals surface area contributed by atoms with Crippen molar-refractivity contribution in [2.24, 2.45) is 0 Å². The molecule has 1 fully saturated rings. The van der Waals surface area contributed by atoms with Gasteiger partial charge in [0.2, 0.25) is 0 Å². The average Bonchev–Trinajstić information content (AvgIpc) is 3.10. The van der Waals surface area contributed by atoms with Crippen LogP contribution in [0.5, 0.6) is 5.75 Å². The fraction of sp³-hybridized carbons (Fsp3) is 0.350. The SMILES string of the molecule is COc1ccc(Cl)cc1C1(CNc2nc3ccccc3o2)CCOCC1. The van der Waals surface area contributed by atoms with Crippen molar-refractivity contribution in [2.45, 2.75) is 18.3 Å². The summed E-state index contributed by atoms with van der Waals surface area (Å²) in [5, 5.41) is 4.08. The van der Waals surface area contributed by atoms with E-state index in [1.807, 2.05) is 42.5 Å². The Morgan fingerprint density at radius 3 is 2.77 bits per heavy atom. The van der Waals surface area contributed by atoms with Gasteiger partial charge in [-0.05, 0) is 43.2 Å². The van der Waals surface area contributed by atoms with Crippen LogP contribution in [0.15, 0.2) is 46.9 Å². The lowest BCUT2D eigenvalue weighted by Crippen LogP contribution is -2.40. The molecule has 1 aliphatic rings. The molecule has 0 radical (unpaired) electrons. The third-order valence-corrected chi connectivity index (χ3v) is 5.29. The van der Waals surface area contributed by atoms with Crippen molar-refractivity contribution in [3.63, 3.8) is 0 Å². The third-order valence-electron chi connectivity index (χ3n) is 5.05. The van der Waals surface area contributed by atoms with E-state index in [0.717, 1.165) is 35.3 Å². The maximum absolute atomic E-state index is 6.29. The van der Waals surface area contributed by atoms with E-state index in [4.69, 9.17) is 25.5 Å². The summed E-state index contributed by atoms with van der Waals surface area (Å²) in [6.07, 6.45) is 1.74. The highest BCUT2D eigenvalue weighted by Gasteiger charge is 2.37. The Morgan fingerprint density at radius 2 is 2.00 bits per heavy atom. The van der Waals surface area contributed by atoms with Crippen LogP contribution in [-0.4, -0.2) is 31.9 Å². The van der Waals surface area contributed by atoms with Crippen LogP contribution in [0, 0.1) is 0 Å². The fourth-order valence-corrected chi connectivity index (χ4v) is 3.76. The number of methoxy groups -OCH3 is 1. The van der Waals surface area contributed by atoms with Gasteiger partial charge in [0, 0.05) is 35.8 Å². The molecule has 0 bridgehead atoms. The van der Waals surface area contributed by atoms with E-state index < -0.39 is 0 Å². The largest absolute Gasteiger partial charge is 0.496 e. The van der Waals surface area contributed by atoms with E-state index in [1.165, 1.54) is 0 Å². The highest BCUT2D eigenvalue weighted by molar-refractivity contribution is 6.30. The Balaban J connectivity index is 1.65. The Kier molecular flexibility index (Phi) is 4.74. The second-order valence-corrected chi connectivity index (χ2v) is 7.01. The molecular formula is C20H21ClN2O3. The summed E-state index contributed by atoms with van der Waals surface area (Å²) in [5.41, 5.74) is 2.56. The second kappa shape index (κ2) is 7.17. The summed E-state index contributed by atoms with van der Waals surface area (Å²) in [6.45, 7) is 2.07. The molecule has 26 heavy (non-hydrogen) atoms. The van der Waals surface area contributed by atoms with Gasteiger partial charge in [0.1, 0.15) is 11.3 Å². The maximum Gasteiger partial charge on any atom is 0.295 e. The fourth-order valence-electron chi connectivity index (χ4n) is 3.59. The molecule has 1 aromatic heterocycles. The Morgan fingerprint density at radius 1 is 1.19 bits per heavy atom. The number of anilines is 1. The van der Waals surface area contributed by atoms with Crippen LogP contribution in [0.2, 0.25) is 5.02 Å². The molecule has 3 aromatic rings. The average molecular weight is 373 g/mol. The lowest BCUT2D eigenvalue weighted by molar-refractivity contribution is 0.0534. The van der Waals surface area contributed by atoms with E-state index >= 15 is 0 Å². The summed E-state index contributed by atoms with van der Waals surface area (Å²) in [6, 6.07) is 14.0. The quantitative estimate of drug-likeness (QED) is 0.706. The molecule has 1 aliphatic heterocycles. The van der Waals surface area contributed by atoms with E-state index in [2.05, 4.69) is 10.3 Å². The molecule has 2 aromatic carbocycles. The van der Waals surface area contributed by atoms with Crippen LogP contribution in [0.3, 0.4) is 0 Å². The number of nitrogens with one attached hydrogen (secondary N) is 1. The number of fused-ring (bicyclic) bond motifs is 1. The first-order valence-corrected chi connectivity index (χ1v) is 9.09. The van der Waals surface area contributed by atoms with Crippen molar-refractivity contribution in [3.05, 3.63) is 53.1 Å². The van der Waals surface area contributed by atoms with E-state index in [9.17, 15) is 0 Å². The first-order chi connectivity index (χ1) is 12.7. The molecule has 4 rings (SSSR count). The van der Waals surface area contributed by atoms with Crippen molar-refractivity contribution < 1.29 is 13.9 Å². The van der Waals surface area contributed by atoms with Crippen LogP contribution < -0.4 is 10.1 Å². The highest BCUT2D eigenvalue weighted by atomic mass is 35.5. The lowest BCUT2D eigenvalue weighted by Gasteiger charge is -2.38. The van der Waals surface area contributed by atoms with Crippen molar-refractivity contribution in [3.8, 4) is 5.75 Å². The summed E-state index contributed by atoms with van der Waals surface area (Å²) < 4.78 is 17.0. The van der Waals surface area contributed by atoms with E-state index in [1.54, 1.807) is 7.11 Å². The van der Waals surface area contributed by atoms with Crippen molar-refractivity contribution in [1.82, 2.24) is 4.98 Å². The predicted octanol–water partition coefficient (Wildman–Crippen LogP) is 4.65. The van der Waals surface area contributed by atoms with Gasteiger partial charge in [0.15, 0.2) is 5.58 Å². The van der Waals surface area contributed by atoms with Gasteiger partial charge in [-0.25, -0.2) is 0 Å². The lowest BCUT2D eigenvalue weighted by atomic mass is 9.73. The van der Waals surface area contributed by atoms with Gasteiger partial charge in [-0.2, -0.15) is 4.98 Å². The van der Waals surface area contributed by atoms with Crippen molar-refractivity contribution in [2.75, 3.05) is 32.2 Å². The maximum atomic E-state index is 6.29. The number of ether oxygens (including phenoxy) is 2. The number of benzene rings is 2. The van der Waals surface area contributed by atoms with Gasteiger partial charge in [0.25, 0.3) is 6.01 Å². The molecule has 0 saturated carbocycles. The Labute approximate surface area is 157 Å². The summed E-state index contributed by atoms with van der Waals surface area (Å²) >= 11 is 6.29. The number of halogens is 1. The standard InChI is InChI=1S/C20H21ClN2O3/c1-24-17-7-6-14(21)12-15(17)20(8-10-25-11-9-20)13-22-19-23-16-4-2-3-5-18(16)26-19/h2-7,12H,8-11,13H2,1H3,(H,22,23). The molecule has 0 atom stereocenters. The number of aromatic nitrogens is 1. The molecule has 5 nitrogen and oxygen atoms in total. The first kappa shape index (κ1) is 17.2. The number of rotatable bonds is 5. The zero-order valence-electron chi connectivity index (χ0n) is 14.6. The van der Waals surface area contributed by atoms with Gasteiger partial charge >= 0.3 is 0 Å². The van der Waals surface area contributed by atoms with Crippen LogP contribution in [0.25, 0.3) is 11.1 Å². The molecule has 0 unspecified atom stereocenters. The van der Waals surface area contributed by atoms with Crippen LogP contribution in [0.1, 0.15) is 18.4 Å². The number of hydrogen-bond acceptors (Lipinski definition) is 5. The Bertz CT molecular complexity index is 870. The van der Waals surface area contributed by atoms with Gasteiger partial charge in [0.05, 0.1) is 7.11 Å². The van der Waals surface area contributed by atoms with Gasteiger partial charge in [-0.15, -0.1) is 0 Å². The van der Waals surface area contributed by atoms with Gasteiger partial charge < -0.3 is 19.2 Å². The molecule has 0 spiro atoms. The minimum absolute atomic E-state index is 0.158. The summed E-state index contributed by atoms with van der Waals surface area (Å²) in [4.78, 5) is 4.52. The van der Waals surface area contributed by atoms with E-state index in [0.29, 0.717) is 30.8 Å². The monoisotopic (exact) mass is 372 g/mol. The third kappa shape index (κ3) is 3.24. The second-order valence-electron chi connectivity index (χ2n) is 6.58. The molecule has 6 heteroatoms. The summed E-state index contributed by atoms with van der Waals surface area (Å²) in [5.74, 6) is 0.843. The summed E-state index contributed by atoms with van der Waals surface area (Å²) in [7, 11) is 1.69. The zero-order chi connectivity index (χ0) is 18.0. The van der Waals surface area contributed by atoms with Crippen molar-refractivity contribution >= 4 is 28.7 Å². The predicted molar refractivity (Wildman–Crippen MR) is 102 cm³/mol. The highest BCUT2D eigenvalue weighted by Crippen LogP contribution is 2.41. The number of para-hydroxylation sites is 2. The molecule has 2 heterocycles.